The largest absolute Gasteiger partial charge is 0.348 e. The summed E-state index contributed by atoms with van der Waals surface area (Å²) in [6.45, 7) is 3.32. The van der Waals surface area contributed by atoms with E-state index in [4.69, 9.17) is 9.47 Å². The first-order valence-electron chi connectivity index (χ1n) is 7.24. The van der Waals surface area contributed by atoms with Crippen LogP contribution in [-0.4, -0.2) is 42.1 Å². The van der Waals surface area contributed by atoms with Crippen molar-refractivity contribution in [3.8, 4) is 10.4 Å². The smallest absolute Gasteiger partial charge is 0.185 e. The van der Waals surface area contributed by atoms with Crippen molar-refractivity contribution in [3.63, 3.8) is 0 Å². The summed E-state index contributed by atoms with van der Waals surface area (Å²) in [4.78, 5) is 12.1. The number of ether oxygens (including phenoxy) is 2. The Balaban J connectivity index is 1.47. The summed E-state index contributed by atoms with van der Waals surface area (Å²) in [5.74, 6) is -0.318. The molecule has 0 radical (unpaired) electrons. The molecule has 0 aromatic carbocycles. The average Bonchev–Trinajstić information content (AvgIpc) is 3.19. The summed E-state index contributed by atoms with van der Waals surface area (Å²) in [7, 11) is 0. The lowest BCUT2D eigenvalue weighted by atomic mass is 10.0. The zero-order chi connectivity index (χ0) is 14.1. The van der Waals surface area contributed by atoms with Gasteiger partial charge >= 0.3 is 0 Å². The van der Waals surface area contributed by atoms with E-state index in [0.717, 1.165) is 44.3 Å². The van der Waals surface area contributed by atoms with E-state index in [1.165, 1.54) is 10.4 Å². The molecule has 0 aliphatic carbocycles. The lowest BCUT2D eigenvalue weighted by Gasteiger charge is -2.37. The molecule has 2 aliphatic heterocycles. The second-order valence-corrected chi connectivity index (χ2v) is 6.35. The van der Waals surface area contributed by atoms with Crippen LogP contribution in [0.15, 0.2) is 30.7 Å². The number of anilines is 1. The minimum Gasteiger partial charge on any atom is -0.348 e. The van der Waals surface area contributed by atoms with Crippen LogP contribution < -0.4 is 4.90 Å². The molecule has 4 heterocycles. The fraction of sp³-hybridized carbons (Fsp3) is 0.467. The van der Waals surface area contributed by atoms with E-state index in [2.05, 4.69) is 14.9 Å². The zero-order valence-electron chi connectivity index (χ0n) is 11.7. The molecule has 0 unspecified atom stereocenters. The Labute approximate surface area is 127 Å². The van der Waals surface area contributed by atoms with Crippen molar-refractivity contribution in [1.29, 1.82) is 0 Å². The lowest BCUT2D eigenvalue weighted by Crippen LogP contribution is -2.45. The highest BCUT2D eigenvalue weighted by Gasteiger charge is 2.40. The Kier molecular flexibility index (Phi) is 3.37. The van der Waals surface area contributed by atoms with Crippen LogP contribution in [0, 0.1) is 0 Å². The topological polar surface area (TPSA) is 47.5 Å². The van der Waals surface area contributed by atoms with Gasteiger partial charge in [-0.3, -0.25) is 4.98 Å². The molecule has 4 rings (SSSR count). The Hall–Kier alpha value is -1.50. The van der Waals surface area contributed by atoms with Gasteiger partial charge in [0.1, 0.15) is 0 Å². The van der Waals surface area contributed by atoms with Gasteiger partial charge in [0.2, 0.25) is 0 Å². The molecule has 0 atom stereocenters. The third-order valence-electron chi connectivity index (χ3n) is 4.07. The van der Waals surface area contributed by atoms with Crippen molar-refractivity contribution in [3.05, 3.63) is 30.7 Å². The van der Waals surface area contributed by atoms with Crippen molar-refractivity contribution in [1.82, 2.24) is 9.97 Å². The van der Waals surface area contributed by atoms with E-state index in [9.17, 15) is 0 Å². The number of rotatable bonds is 2. The van der Waals surface area contributed by atoms with Crippen molar-refractivity contribution in [2.75, 3.05) is 31.2 Å². The molecule has 0 amide bonds. The van der Waals surface area contributed by atoms with Crippen LogP contribution in [0.2, 0.25) is 0 Å². The quantitative estimate of drug-likeness (QED) is 0.853. The Morgan fingerprint density at radius 2 is 1.81 bits per heavy atom. The highest BCUT2D eigenvalue weighted by Crippen LogP contribution is 2.36. The SMILES string of the molecule is c1cc(-c2cnc(N3CCC4(CC3)OCCO4)s2)ccn1. The minimum absolute atomic E-state index is 0.318. The number of hydrogen-bond acceptors (Lipinski definition) is 6. The Morgan fingerprint density at radius 1 is 1.10 bits per heavy atom. The van der Waals surface area contributed by atoms with Gasteiger partial charge in [-0.1, -0.05) is 11.3 Å². The second kappa shape index (κ2) is 5.36. The van der Waals surface area contributed by atoms with E-state index in [-0.39, 0.29) is 5.79 Å². The maximum absolute atomic E-state index is 5.77. The molecule has 6 heteroatoms. The van der Waals surface area contributed by atoms with Crippen LogP contribution in [0.25, 0.3) is 10.4 Å². The van der Waals surface area contributed by atoms with Gasteiger partial charge in [-0.05, 0) is 17.7 Å². The number of aromatic nitrogens is 2. The molecular formula is C15H17N3O2S. The standard InChI is InChI=1S/C15H17N3O2S/c1-5-16-6-2-12(1)13-11-17-14(21-13)18-7-3-15(4-8-18)19-9-10-20-15/h1-2,5-6,11H,3-4,7-10H2. The maximum atomic E-state index is 5.77. The fourth-order valence-electron chi connectivity index (χ4n) is 2.89. The summed E-state index contributed by atoms with van der Waals surface area (Å²) in [5.41, 5.74) is 1.17. The highest BCUT2D eigenvalue weighted by atomic mass is 32.1. The van der Waals surface area contributed by atoms with E-state index in [1.54, 1.807) is 11.3 Å². The summed E-state index contributed by atoms with van der Waals surface area (Å²) < 4.78 is 11.5. The fourth-order valence-corrected chi connectivity index (χ4v) is 3.86. The molecule has 0 N–H and O–H groups in total. The summed E-state index contributed by atoms with van der Waals surface area (Å²) in [6.07, 6.45) is 7.40. The van der Waals surface area contributed by atoms with E-state index in [1.807, 2.05) is 30.7 Å². The summed E-state index contributed by atoms with van der Waals surface area (Å²) in [6, 6.07) is 4.03. The van der Waals surface area contributed by atoms with Crippen molar-refractivity contribution >= 4 is 16.5 Å². The van der Waals surface area contributed by atoms with Gasteiger partial charge in [0.25, 0.3) is 0 Å². The van der Waals surface area contributed by atoms with Crippen molar-refractivity contribution in [2.24, 2.45) is 0 Å². The van der Waals surface area contributed by atoms with Gasteiger partial charge in [-0.15, -0.1) is 0 Å². The van der Waals surface area contributed by atoms with E-state index in [0.29, 0.717) is 0 Å². The molecule has 0 saturated carbocycles. The van der Waals surface area contributed by atoms with Crippen molar-refractivity contribution < 1.29 is 9.47 Å². The number of pyridine rings is 1. The molecule has 2 aromatic rings. The van der Waals surface area contributed by atoms with Gasteiger partial charge in [0, 0.05) is 44.5 Å². The molecule has 2 fully saturated rings. The van der Waals surface area contributed by atoms with Gasteiger partial charge in [-0.2, -0.15) is 0 Å². The van der Waals surface area contributed by atoms with Gasteiger partial charge in [0.05, 0.1) is 18.1 Å². The first kappa shape index (κ1) is 13.2. The number of nitrogens with zero attached hydrogens (tertiary/aromatic N) is 3. The molecule has 1 spiro atoms. The molecule has 21 heavy (non-hydrogen) atoms. The molecule has 2 aromatic heterocycles. The van der Waals surface area contributed by atoms with E-state index < -0.39 is 0 Å². The van der Waals surface area contributed by atoms with Crippen LogP contribution in [0.1, 0.15) is 12.8 Å². The summed E-state index contributed by atoms with van der Waals surface area (Å²) >= 11 is 1.73. The van der Waals surface area contributed by atoms with Crippen LogP contribution in [0.4, 0.5) is 5.13 Å². The normalized spacial score (nSPS) is 21.0. The Morgan fingerprint density at radius 3 is 2.52 bits per heavy atom. The van der Waals surface area contributed by atoms with Crippen LogP contribution in [0.5, 0.6) is 0 Å². The van der Waals surface area contributed by atoms with Crippen LogP contribution in [-0.2, 0) is 9.47 Å². The molecule has 2 saturated heterocycles. The minimum atomic E-state index is -0.318. The number of thiazole rings is 1. The second-order valence-electron chi connectivity index (χ2n) is 5.34. The van der Waals surface area contributed by atoms with E-state index >= 15 is 0 Å². The average molecular weight is 303 g/mol. The van der Waals surface area contributed by atoms with Crippen LogP contribution >= 0.6 is 11.3 Å². The molecule has 2 aliphatic rings. The van der Waals surface area contributed by atoms with Gasteiger partial charge in [-0.25, -0.2) is 4.98 Å². The molecular weight excluding hydrogens is 286 g/mol. The Bertz CT molecular complexity index is 600. The first-order chi connectivity index (χ1) is 10.3. The van der Waals surface area contributed by atoms with Gasteiger partial charge < -0.3 is 14.4 Å². The molecule has 110 valence electrons. The predicted octanol–water partition coefficient (Wildman–Crippen LogP) is 2.55. The van der Waals surface area contributed by atoms with Crippen LogP contribution in [0.3, 0.4) is 0 Å². The first-order valence-corrected chi connectivity index (χ1v) is 8.05. The lowest BCUT2D eigenvalue weighted by molar-refractivity contribution is -0.169. The molecule has 5 nitrogen and oxygen atoms in total. The number of hydrogen-bond donors (Lipinski definition) is 0. The van der Waals surface area contributed by atoms with Crippen molar-refractivity contribution in [2.45, 2.75) is 18.6 Å². The third-order valence-corrected chi connectivity index (χ3v) is 5.17. The zero-order valence-corrected chi connectivity index (χ0v) is 12.5. The summed E-state index contributed by atoms with van der Waals surface area (Å²) in [5, 5.41) is 1.08. The predicted molar refractivity (Wildman–Crippen MR) is 81.4 cm³/mol. The maximum Gasteiger partial charge on any atom is 0.185 e. The molecule has 0 bridgehead atoms. The monoisotopic (exact) mass is 303 g/mol. The number of piperidine rings is 1. The van der Waals surface area contributed by atoms with Gasteiger partial charge in [0.15, 0.2) is 10.9 Å². The third kappa shape index (κ3) is 2.54. The highest BCUT2D eigenvalue weighted by molar-refractivity contribution is 7.18.